The zero-order chi connectivity index (χ0) is 13.8. The number of nitrogens with one attached hydrogen (secondary N) is 1. The Morgan fingerprint density at radius 1 is 1.42 bits per heavy atom. The predicted molar refractivity (Wildman–Crippen MR) is 68.2 cm³/mol. The quantitative estimate of drug-likeness (QED) is 0.913. The lowest BCUT2D eigenvalue weighted by molar-refractivity contribution is 0.415. The van der Waals surface area contributed by atoms with Crippen LogP contribution in [0.4, 0.5) is 10.2 Å². The molecule has 2 rings (SSSR count). The lowest BCUT2D eigenvalue weighted by Gasteiger charge is -2.09. The van der Waals surface area contributed by atoms with Crippen LogP contribution in [0.3, 0.4) is 0 Å². The average Bonchev–Trinajstić information content (AvgIpc) is 2.46. The fourth-order valence-corrected chi connectivity index (χ4v) is 1.64. The van der Waals surface area contributed by atoms with Gasteiger partial charge in [0, 0.05) is 7.05 Å². The first-order valence-corrected chi connectivity index (χ1v) is 5.48. The van der Waals surface area contributed by atoms with Gasteiger partial charge in [0.25, 0.3) is 0 Å². The number of nitrogens with zero attached hydrogens (tertiary/aromatic N) is 3. The molecule has 0 amide bonds. The van der Waals surface area contributed by atoms with E-state index in [1.54, 1.807) is 7.05 Å². The minimum absolute atomic E-state index is 0.291. The molecule has 0 unspecified atom stereocenters. The van der Waals surface area contributed by atoms with E-state index in [0.29, 0.717) is 28.5 Å². The molecule has 19 heavy (non-hydrogen) atoms. The third-order valence-electron chi connectivity index (χ3n) is 2.55. The van der Waals surface area contributed by atoms with E-state index in [2.05, 4.69) is 15.3 Å². The molecule has 0 atom stereocenters. The van der Waals surface area contributed by atoms with E-state index in [9.17, 15) is 4.39 Å². The molecule has 0 radical (unpaired) electrons. The number of rotatable bonds is 3. The molecule has 0 saturated heterocycles. The van der Waals surface area contributed by atoms with Gasteiger partial charge in [-0.05, 0) is 18.2 Å². The molecule has 96 valence electrons. The minimum atomic E-state index is -0.408. The molecule has 0 aliphatic rings. The number of hydrogen-bond donors (Lipinski definition) is 1. The van der Waals surface area contributed by atoms with Crippen molar-refractivity contribution in [3.63, 3.8) is 0 Å². The van der Waals surface area contributed by atoms with E-state index in [-0.39, 0.29) is 0 Å². The molecule has 0 aliphatic carbocycles. The molecule has 1 aromatic heterocycles. The Bertz CT molecular complexity index is 652. The maximum absolute atomic E-state index is 13.3. The second kappa shape index (κ2) is 5.31. The molecule has 1 heterocycles. The third-order valence-corrected chi connectivity index (χ3v) is 2.55. The van der Waals surface area contributed by atoms with Crippen molar-refractivity contribution in [1.82, 2.24) is 9.97 Å². The van der Waals surface area contributed by atoms with Gasteiger partial charge in [0.1, 0.15) is 29.0 Å². The Balaban J connectivity index is 2.59. The number of methoxy groups -OCH3 is 1. The number of hydrogen-bond acceptors (Lipinski definition) is 5. The standard InChI is InChI=1S/C13H11FN4O/c1-16-12-8(6-15)7-17-13(18-12)10-5-9(14)3-4-11(10)19-2/h3-5,7H,1-2H3,(H,16,17,18). The average molecular weight is 258 g/mol. The van der Waals surface area contributed by atoms with E-state index in [4.69, 9.17) is 10.00 Å². The van der Waals surface area contributed by atoms with Crippen LogP contribution in [-0.2, 0) is 0 Å². The topological polar surface area (TPSA) is 70.8 Å². The smallest absolute Gasteiger partial charge is 0.165 e. The van der Waals surface area contributed by atoms with Crippen LogP contribution < -0.4 is 10.1 Å². The first-order valence-electron chi connectivity index (χ1n) is 5.48. The molecular weight excluding hydrogens is 247 g/mol. The van der Waals surface area contributed by atoms with Crippen molar-refractivity contribution in [2.45, 2.75) is 0 Å². The van der Waals surface area contributed by atoms with Gasteiger partial charge in [-0.2, -0.15) is 5.26 Å². The van der Waals surface area contributed by atoms with E-state index >= 15 is 0 Å². The Hall–Kier alpha value is -2.68. The molecule has 0 bridgehead atoms. The van der Waals surface area contributed by atoms with Crippen molar-refractivity contribution in [2.75, 3.05) is 19.5 Å². The highest BCUT2D eigenvalue weighted by Crippen LogP contribution is 2.29. The summed E-state index contributed by atoms with van der Waals surface area (Å²) in [4.78, 5) is 8.25. The van der Waals surface area contributed by atoms with Gasteiger partial charge in [-0.1, -0.05) is 0 Å². The normalized spacial score (nSPS) is 9.79. The van der Waals surface area contributed by atoms with Crippen LogP contribution in [0.15, 0.2) is 24.4 Å². The van der Waals surface area contributed by atoms with Gasteiger partial charge in [-0.25, -0.2) is 14.4 Å². The van der Waals surface area contributed by atoms with Crippen molar-refractivity contribution in [2.24, 2.45) is 0 Å². The Morgan fingerprint density at radius 2 is 2.21 bits per heavy atom. The highest BCUT2D eigenvalue weighted by atomic mass is 19.1. The molecule has 2 aromatic rings. The molecule has 1 aromatic carbocycles. The molecule has 6 heteroatoms. The Kier molecular flexibility index (Phi) is 3.57. The molecule has 0 saturated carbocycles. The van der Waals surface area contributed by atoms with Crippen molar-refractivity contribution < 1.29 is 9.13 Å². The zero-order valence-corrected chi connectivity index (χ0v) is 10.4. The number of ether oxygens (including phenoxy) is 1. The van der Waals surface area contributed by atoms with Crippen LogP contribution in [-0.4, -0.2) is 24.1 Å². The van der Waals surface area contributed by atoms with Crippen molar-refractivity contribution >= 4 is 5.82 Å². The first-order chi connectivity index (χ1) is 9.19. The Morgan fingerprint density at radius 3 is 2.84 bits per heavy atom. The van der Waals surface area contributed by atoms with Gasteiger partial charge < -0.3 is 10.1 Å². The summed E-state index contributed by atoms with van der Waals surface area (Å²) in [6.07, 6.45) is 1.39. The largest absolute Gasteiger partial charge is 0.496 e. The van der Waals surface area contributed by atoms with Crippen molar-refractivity contribution in [1.29, 1.82) is 5.26 Å². The molecular formula is C13H11FN4O. The number of nitriles is 1. The third kappa shape index (κ3) is 2.45. The van der Waals surface area contributed by atoms with Gasteiger partial charge in [-0.3, -0.25) is 0 Å². The number of aromatic nitrogens is 2. The Labute approximate surface area is 109 Å². The monoisotopic (exact) mass is 258 g/mol. The van der Waals surface area contributed by atoms with Gasteiger partial charge >= 0.3 is 0 Å². The fourth-order valence-electron chi connectivity index (χ4n) is 1.64. The molecule has 0 spiro atoms. The van der Waals surface area contributed by atoms with Gasteiger partial charge in [0.05, 0.1) is 18.9 Å². The van der Waals surface area contributed by atoms with E-state index in [1.807, 2.05) is 6.07 Å². The number of anilines is 1. The molecule has 5 nitrogen and oxygen atoms in total. The summed E-state index contributed by atoms with van der Waals surface area (Å²) >= 11 is 0. The van der Waals surface area contributed by atoms with Crippen LogP contribution in [0.1, 0.15) is 5.56 Å². The van der Waals surface area contributed by atoms with Gasteiger partial charge in [0.2, 0.25) is 0 Å². The predicted octanol–water partition coefficient (Wildman–Crippen LogP) is 2.20. The first kappa shape index (κ1) is 12.8. The van der Waals surface area contributed by atoms with Crippen LogP contribution in [0, 0.1) is 17.1 Å². The lowest BCUT2D eigenvalue weighted by Crippen LogP contribution is -2.01. The second-order valence-electron chi connectivity index (χ2n) is 3.66. The van der Waals surface area contributed by atoms with Crippen LogP contribution in [0.5, 0.6) is 5.75 Å². The summed E-state index contributed by atoms with van der Waals surface area (Å²) < 4.78 is 18.5. The van der Waals surface area contributed by atoms with Gasteiger partial charge in [0.15, 0.2) is 5.82 Å². The van der Waals surface area contributed by atoms with Crippen molar-refractivity contribution in [3.05, 3.63) is 35.8 Å². The summed E-state index contributed by atoms with van der Waals surface area (Å²) in [7, 11) is 3.13. The number of halogens is 1. The summed E-state index contributed by atoms with van der Waals surface area (Å²) in [6, 6.07) is 6.07. The van der Waals surface area contributed by atoms with E-state index in [0.717, 1.165) is 0 Å². The molecule has 0 aliphatic heterocycles. The minimum Gasteiger partial charge on any atom is -0.496 e. The van der Waals surface area contributed by atoms with E-state index < -0.39 is 5.82 Å². The molecule has 1 N–H and O–H groups in total. The van der Waals surface area contributed by atoms with Crippen LogP contribution >= 0.6 is 0 Å². The molecule has 0 fully saturated rings. The highest BCUT2D eigenvalue weighted by molar-refractivity contribution is 5.66. The zero-order valence-electron chi connectivity index (χ0n) is 10.4. The SMILES string of the molecule is CNc1nc(-c2cc(F)ccc2OC)ncc1C#N. The lowest BCUT2D eigenvalue weighted by atomic mass is 10.1. The van der Waals surface area contributed by atoms with Crippen molar-refractivity contribution in [3.8, 4) is 23.2 Å². The maximum atomic E-state index is 13.3. The van der Waals surface area contributed by atoms with Gasteiger partial charge in [-0.15, -0.1) is 0 Å². The summed E-state index contributed by atoms with van der Waals surface area (Å²) in [5.41, 5.74) is 0.755. The summed E-state index contributed by atoms with van der Waals surface area (Å²) in [6.45, 7) is 0. The van der Waals surface area contributed by atoms with E-state index in [1.165, 1.54) is 31.5 Å². The second-order valence-corrected chi connectivity index (χ2v) is 3.66. The summed E-state index contributed by atoms with van der Waals surface area (Å²) in [5, 5.41) is 11.7. The highest BCUT2D eigenvalue weighted by Gasteiger charge is 2.12. The van der Waals surface area contributed by atoms with Crippen LogP contribution in [0.25, 0.3) is 11.4 Å². The van der Waals surface area contributed by atoms with Crippen LogP contribution in [0.2, 0.25) is 0 Å². The summed E-state index contributed by atoms with van der Waals surface area (Å²) in [5.74, 6) is 0.737. The fraction of sp³-hybridized carbons (Fsp3) is 0.154. The maximum Gasteiger partial charge on any atom is 0.165 e. The number of benzene rings is 1.